The van der Waals surface area contributed by atoms with E-state index in [2.05, 4.69) is 19.8 Å². The Kier molecular flexibility index (Phi) is 6.73. The van der Waals surface area contributed by atoms with Crippen molar-refractivity contribution >= 4 is 28.3 Å². The Morgan fingerprint density at radius 3 is 2.71 bits per heavy atom. The van der Waals surface area contributed by atoms with Gasteiger partial charge in [0.2, 0.25) is 0 Å². The Morgan fingerprint density at radius 2 is 1.95 bits per heavy atom. The zero-order valence-corrected chi connectivity index (χ0v) is 24.3. The number of phenolic OH excluding ortho intramolecular Hbond substituents is 1. The van der Waals surface area contributed by atoms with E-state index in [0.717, 1.165) is 32.5 Å². The predicted molar refractivity (Wildman–Crippen MR) is 155 cm³/mol. The molecule has 4 fully saturated rings. The monoisotopic (exact) mass is 583 g/mol. The number of phenols is 1. The first-order valence-corrected chi connectivity index (χ1v) is 15.2. The molecule has 2 bridgehead atoms. The van der Waals surface area contributed by atoms with Crippen molar-refractivity contribution in [3.8, 4) is 23.0 Å². The van der Waals surface area contributed by atoms with Gasteiger partial charge in [-0.05, 0) is 74.1 Å². The minimum atomic E-state index is -0.869. The van der Waals surface area contributed by atoms with Crippen LogP contribution in [-0.2, 0) is 0 Å². The van der Waals surface area contributed by atoms with E-state index in [9.17, 15) is 9.50 Å². The highest BCUT2D eigenvalue weighted by Gasteiger charge is 2.49. The summed E-state index contributed by atoms with van der Waals surface area (Å²) in [5, 5.41) is 11.2. The summed E-state index contributed by atoms with van der Waals surface area (Å²) in [4.78, 5) is 18.4. The van der Waals surface area contributed by atoms with Gasteiger partial charge in [0.05, 0.1) is 10.9 Å². The summed E-state index contributed by atoms with van der Waals surface area (Å²) in [5.41, 5.74) is 0.969. The van der Waals surface area contributed by atoms with Gasteiger partial charge in [-0.15, -0.1) is 0 Å². The lowest BCUT2D eigenvalue weighted by Gasteiger charge is -2.34. The van der Waals surface area contributed by atoms with Gasteiger partial charge in [0.1, 0.15) is 35.6 Å². The average molecular weight is 584 g/mol. The smallest absolute Gasteiger partial charge is 0.319 e. The molecule has 0 amide bonds. The first-order chi connectivity index (χ1) is 19.7. The Balaban J connectivity index is 1.34. The standard InChI is InChI=1S/C31H36ClF2N5O2/c1-17(2)25-22(9-21(40)10-24(25)32)27-26(34)28-23(12-35-27)29(38-13-18-4-5-19(8-18)14-38)37-30(36-28)41-16-31-6-3-7-39(31)15-20(33)11-31/h9-10,12,17-20,40H,3-8,11,13-16H2,1-2H3/t18?,19?,20-,31+/m1/s1. The second-order valence-electron chi connectivity index (χ2n) is 12.9. The van der Waals surface area contributed by atoms with Crippen LogP contribution in [0.1, 0.15) is 63.9 Å². The fourth-order valence-electron chi connectivity index (χ4n) is 7.93. The molecule has 0 radical (unpaired) electrons. The van der Waals surface area contributed by atoms with Gasteiger partial charge >= 0.3 is 6.01 Å². The molecule has 3 saturated heterocycles. The van der Waals surface area contributed by atoms with Gasteiger partial charge in [0.25, 0.3) is 0 Å². The van der Waals surface area contributed by atoms with Crippen LogP contribution in [0.2, 0.25) is 5.02 Å². The summed E-state index contributed by atoms with van der Waals surface area (Å²) < 4.78 is 37.2. The highest BCUT2D eigenvalue weighted by Crippen LogP contribution is 2.43. The molecular formula is C31H36ClF2N5O2. The summed E-state index contributed by atoms with van der Waals surface area (Å²) in [6.45, 7) is 7.20. The van der Waals surface area contributed by atoms with E-state index < -0.39 is 12.0 Å². The molecule has 10 heteroatoms. The van der Waals surface area contributed by atoms with Gasteiger partial charge in [-0.3, -0.25) is 9.88 Å². The maximum Gasteiger partial charge on any atom is 0.319 e. The molecule has 1 aliphatic carbocycles. The number of nitrogens with zero attached hydrogens (tertiary/aromatic N) is 5. The number of pyridine rings is 1. The number of rotatable bonds is 6. The predicted octanol–water partition coefficient (Wildman–Crippen LogP) is 6.50. The first-order valence-electron chi connectivity index (χ1n) is 14.9. The molecule has 5 heterocycles. The number of piperidine rings is 1. The van der Waals surface area contributed by atoms with Crippen LogP contribution in [0.3, 0.4) is 0 Å². The molecule has 4 aliphatic rings. The van der Waals surface area contributed by atoms with Gasteiger partial charge < -0.3 is 14.7 Å². The number of ether oxygens (including phenoxy) is 1. The van der Waals surface area contributed by atoms with E-state index in [1.165, 1.54) is 31.4 Å². The molecule has 4 atom stereocenters. The number of anilines is 1. The van der Waals surface area contributed by atoms with Crippen LogP contribution in [-0.4, -0.2) is 69.5 Å². The fourth-order valence-corrected chi connectivity index (χ4v) is 8.36. The van der Waals surface area contributed by atoms with Crippen LogP contribution in [0.4, 0.5) is 14.6 Å². The molecule has 2 aromatic heterocycles. The molecule has 2 unspecified atom stereocenters. The van der Waals surface area contributed by atoms with Gasteiger partial charge in [0, 0.05) is 42.8 Å². The van der Waals surface area contributed by atoms with E-state index in [1.54, 1.807) is 6.20 Å². The van der Waals surface area contributed by atoms with Crippen molar-refractivity contribution < 1.29 is 18.6 Å². The number of aromatic nitrogens is 3. The third-order valence-electron chi connectivity index (χ3n) is 9.73. The van der Waals surface area contributed by atoms with Gasteiger partial charge in [0.15, 0.2) is 5.82 Å². The minimum Gasteiger partial charge on any atom is -0.508 e. The highest BCUT2D eigenvalue weighted by atomic mass is 35.5. The normalized spacial score (nSPS) is 27.8. The van der Waals surface area contributed by atoms with Crippen LogP contribution in [0, 0.1) is 17.7 Å². The third-order valence-corrected chi connectivity index (χ3v) is 10.0. The molecule has 1 aromatic carbocycles. The number of fused-ring (bicyclic) bond motifs is 4. The summed E-state index contributed by atoms with van der Waals surface area (Å²) in [6.07, 6.45) is 6.68. The Bertz CT molecular complexity index is 1490. The van der Waals surface area contributed by atoms with E-state index in [0.29, 0.717) is 52.2 Å². The second-order valence-corrected chi connectivity index (χ2v) is 13.3. The van der Waals surface area contributed by atoms with Gasteiger partial charge in [-0.1, -0.05) is 25.4 Å². The zero-order chi connectivity index (χ0) is 28.5. The molecule has 41 heavy (non-hydrogen) atoms. The summed E-state index contributed by atoms with van der Waals surface area (Å²) in [5.74, 6) is 1.12. The van der Waals surface area contributed by atoms with Crippen LogP contribution >= 0.6 is 11.6 Å². The van der Waals surface area contributed by atoms with Crippen molar-refractivity contribution in [3.05, 3.63) is 34.7 Å². The van der Waals surface area contributed by atoms with Crippen LogP contribution < -0.4 is 9.64 Å². The minimum absolute atomic E-state index is 0.0296. The molecular weight excluding hydrogens is 548 g/mol. The van der Waals surface area contributed by atoms with E-state index in [-0.39, 0.29) is 41.0 Å². The molecule has 1 saturated carbocycles. The Labute approximate surface area is 243 Å². The SMILES string of the molecule is CC(C)c1c(Cl)cc(O)cc1-c1ncc2c(N3CC4CCC(C4)C3)nc(OC[C@@]34CCCN3C[C@H](F)C4)nc2c1F. The topological polar surface area (TPSA) is 74.6 Å². The first kappa shape index (κ1) is 27.1. The maximum absolute atomic E-state index is 16.6. The maximum atomic E-state index is 16.6. The molecule has 0 spiro atoms. The van der Waals surface area contributed by atoms with E-state index >= 15 is 4.39 Å². The quantitative estimate of drug-likeness (QED) is 0.355. The van der Waals surface area contributed by atoms with Crippen LogP contribution in [0.25, 0.3) is 22.2 Å². The highest BCUT2D eigenvalue weighted by molar-refractivity contribution is 6.32. The van der Waals surface area contributed by atoms with Crippen LogP contribution in [0.15, 0.2) is 18.3 Å². The lowest BCUT2D eigenvalue weighted by molar-refractivity contribution is 0.107. The number of halogens is 3. The van der Waals surface area contributed by atoms with Gasteiger partial charge in [-0.2, -0.15) is 9.97 Å². The molecule has 7 rings (SSSR count). The second kappa shape index (κ2) is 10.2. The average Bonchev–Trinajstić information content (AvgIpc) is 3.57. The lowest BCUT2D eigenvalue weighted by atomic mass is 9.94. The van der Waals surface area contributed by atoms with E-state index in [4.69, 9.17) is 21.3 Å². The Morgan fingerprint density at radius 1 is 1.17 bits per heavy atom. The lowest BCUT2D eigenvalue weighted by Crippen LogP contribution is -2.43. The van der Waals surface area contributed by atoms with Crippen molar-refractivity contribution in [2.75, 3.05) is 37.7 Å². The molecule has 218 valence electrons. The largest absolute Gasteiger partial charge is 0.508 e. The van der Waals surface area contributed by atoms with Gasteiger partial charge in [-0.25, -0.2) is 8.78 Å². The van der Waals surface area contributed by atoms with Crippen molar-refractivity contribution in [2.24, 2.45) is 11.8 Å². The van der Waals surface area contributed by atoms with Crippen molar-refractivity contribution in [1.82, 2.24) is 19.9 Å². The zero-order valence-electron chi connectivity index (χ0n) is 23.5. The number of alkyl halides is 1. The number of hydrogen-bond donors (Lipinski definition) is 1. The molecule has 7 nitrogen and oxygen atoms in total. The van der Waals surface area contributed by atoms with E-state index in [1.807, 2.05) is 13.8 Å². The third kappa shape index (κ3) is 4.69. The fraction of sp³-hybridized carbons (Fsp3) is 0.581. The molecule has 3 aromatic rings. The molecule has 1 N–H and O–H groups in total. The molecule has 3 aliphatic heterocycles. The number of aromatic hydroxyl groups is 1. The number of hydrogen-bond acceptors (Lipinski definition) is 7. The van der Waals surface area contributed by atoms with Crippen molar-refractivity contribution in [1.29, 1.82) is 0 Å². The van der Waals surface area contributed by atoms with Crippen LogP contribution in [0.5, 0.6) is 11.8 Å². The summed E-state index contributed by atoms with van der Waals surface area (Å²) in [6, 6.07) is 3.07. The summed E-state index contributed by atoms with van der Waals surface area (Å²) >= 11 is 6.50. The summed E-state index contributed by atoms with van der Waals surface area (Å²) in [7, 11) is 0. The Hall–Kier alpha value is -2.78. The van der Waals surface area contributed by atoms with Crippen molar-refractivity contribution in [2.45, 2.75) is 70.0 Å². The number of benzene rings is 1. The van der Waals surface area contributed by atoms with Crippen molar-refractivity contribution in [3.63, 3.8) is 0 Å².